The highest BCUT2D eigenvalue weighted by atomic mass is 32.2. The van der Waals surface area contributed by atoms with Crippen LogP contribution in [-0.4, -0.2) is 31.1 Å². The Kier molecular flexibility index (Phi) is 6.74. The predicted molar refractivity (Wildman–Crippen MR) is 122 cm³/mol. The molecule has 0 saturated heterocycles. The lowest BCUT2D eigenvalue weighted by molar-refractivity contribution is -0.115. The van der Waals surface area contributed by atoms with Crippen LogP contribution in [-0.2, 0) is 4.79 Å². The Morgan fingerprint density at radius 1 is 1.12 bits per heavy atom. The maximum absolute atomic E-state index is 13.2. The summed E-state index contributed by atoms with van der Waals surface area (Å²) < 4.78 is 26.0. The number of aromatic nitrogens is 4. The molecule has 0 aliphatic heterocycles. The Morgan fingerprint density at radius 2 is 1.85 bits per heavy atom. The molecule has 2 aromatic carbocycles. The number of rotatable bonds is 8. The Morgan fingerprint density at radius 3 is 2.52 bits per heavy atom. The van der Waals surface area contributed by atoms with Crippen molar-refractivity contribution < 1.29 is 18.4 Å². The summed E-state index contributed by atoms with van der Waals surface area (Å²) in [5.74, 6) is 1.44. The molecule has 33 heavy (non-hydrogen) atoms. The third-order valence-electron chi connectivity index (χ3n) is 4.69. The third kappa shape index (κ3) is 5.40. The molecule has 2 unspecified atom stereocenters. The Balaban J connectivity index is 1.58. The predicted octanol–water partition coefficient (Wildman–Crippen LogP) is 4.96. The molecule has 1 N–H and O–H groups in total. The van der Waals surface area contributed by atoms with Gasteiger partial charge in [-0.05, 0) is 57.2 Å². The van der Waals surface area contributed by atoms with Gasteiger partial charge in [0.2, 0.25) is 5.91 Å². The Bertz CT molecular complexity index is 1230. The second-order valence-electron chi connectivity index (χ2n) is 7.30. The van der Waals surface area contributed by atoms with Crippen LogP contribution in [0.2, 0.25) is 0 Å². The number of thioether (sulfide) groups is 1. The molecule has 0 radical (unpaired) electrons. The lowest BCUT2D eigenvalue weighted by Gasteiger charge is -2.17. The van der Waals surface area contributed by atoms with Crippen molar-refractivity contribution in [2.45, 2.75) is 37.3 Å². The fraction of sp³-hybridized carbons (Fsp3) is 0.217. The average Bonchev–Trinajstić information content (AvgIpc) is 3.41. The molecule has 2 heterocycles. The number of nitrogens with one attached hydrogen (secondary N) is 1. The van der Waals surface area contributed by atoms with Crippen LogP contribution in [0.1, 0.15) is 31.5 Å². The highest BCUT2D eigenvalue weighted by Gasteiger charge is 2.25. The molecule has 0 fully saturated rings. The maximum atomic E-state index is 13.2. The number of benzene rings is 2. The second-order valence-corrected chi connectivity index (χ2v) is 8.61. The zero-order chi connectivity index (χ0) is 23.4. The topological polar surface area (TPSA) is 95.1 Å². The van der Waals surface area contributed by atoms with Crippen molar-refractivity contribution in [3.8, 4) is 11.4 Å². The van der Waals surface area contributed by atoms with E-state index < -0.39 is 11.4 Å². The molecule has 0 saturated carbocycles. The molecule has 10 heteroatoms. The number of para-hydroxylation sites is 1. The summed E-state index contributed by atoms with van der Waals surface area (Å²) in [4.78, 5) is 12.7. The largest absolute Gasteiger partial charge is 0.483 e. The monoisotopic (exact) mass is 467 g/mol. The smallest absolute Gasteiger partial charge is 0.238 e. The van der Waals surface area contributed by atoms with Gasteiger partial charge in [0.1, 0.15) is 17.3 Å². The van der Waals surface area contributed by atoms with Crippen LogP contribution < -0.4 is 10.1 Å². The van der Waals surface area contributed by atoms with Crippen LogP contribution in [0.15, 0.2) is 70.3 Å². The minimum Gasteiger partial charge on any atom is -0.483 e. The number of carbonyl (C=O) groups is 1. The number of hydrogen-bond acceptors (Lipinski definition) is 7. The van der Waals surface area contributed by atoms with Crippen molar-refractivity contribution in [1.82, 2.24) is 19.9 Å². The molecule has 0 bridgehead atoms. The van der Waals surface area contributed by atoms with Crippen LogP contribution >= 0.6 is 11.8 Å². The first kappa shape index (κ1) is 22.5. The summed E-state index contributed by atoms with van der Waals surface area (Å²) in [6, 6.07) is 17.0. The molecule has 8 nitrogen and oxygen atoms in total. The first-order valence-corrected chi connectivity index (χ1v) is 11.1. The van der Waals surface area contributed by atoms with Crippen LogP contribution in [0.3, 0.4) is 0 Å². The number of aryl methyl sites for hydroxylation is 1. The standard InChI is InChI=1S/C23H22FN5O3S/c1-14-13-20(28-32-14)25-22(30)16(3)33-23-27-26-21(29(23)18-7-5-4-6-8-18)15(2)31-19-11-9-17(24)10-12-19/h4-13,15-16H,1-3H3,(H,25,28,30). The number of anilines is 1. The van der Waals surface area contributed by atoms with E-state index in [4.69, 9.17) is 9.26 Å². The van der Waals surface area contributed by atoms with Crippen molar-refractivity contribution in [2.24, 2.45) is 0 Å². The van der Waals surface area contributed by atoms with E-state index in [0.717, 1.165) is 5.69 Å². The SMILES string of the molecule is Cc1cc(NC(=O)C(C)Sc2nnc(C(C)Oc3ccc(F)cc3)n2-c2ccccc2)no1. The van der Waals surface area contributed by atoms with Gasteiger partial charge in [-0.2, -0.15) is 0 Å². The minimum atomic E-state index is -0.491. The zero-order valence-electron chi connectivity index (χ0n) is 18.2. The highest BCUT2D eigenvalue weighted by molar-refractivity contribution is 8.00. The van der Waals surface area contributed by atoms with Crippen molar-refractivity contribution in [3.63, 3.8) is 0 Å². The molecule has 4 aromatic rings. The first-order chi connectivity index (χ1) is 15.9. The van der Waals surface area contributed by atoms with E-state index in [-0.39, 0.29) is 11.7 Å². The molecule has 4 rings (SSSR count). The molecule has 0 spiro atoms. The summed E-state index contributed by atoms with van der Waals surface area (Å²) in [5.41, 5.74) is 0.828. The normalized spacial score (nSPS) is 12.8. The maximum Gasteiger partial charge on any atom is 0.238 e. The van der Waals surface area contributed by atoms with Crippen LogP contribution in [0.5, 0.6) is 5.75 Å². The average molecular weight is 468 g/mol. The van der Waals surface area contributed by atoms with Crippen LogP contribution in [0, 0.1) is 12.7 Å². The van der Waals surface area contributed by atoms with E-state index in [2.05, 4.69) is 20.7 Å². The van der Waals surface area contributed by atoms with Crippen molar-refractivity contribution in [1.29, 1.82) is 0 Å². The van der Waals surface area contributed by atoms with Gasteiger partial charge in [-0.1, -0.05) is 35.1 Å². The Labute approximate surface area is 194 Å². The van der Waals surface area contributed by atoms with Crippen molar-refractivity contribution in [3.05, 3.63) is 78.1 Å². The fourth-order valence-electron chi connectivity index (χ4n) is 3.08. The molecule has 1 amide bonds. The zero-order valence-corrected chi connectivity index (χ0v) is 19.0. The second kappa shape index (κ2) is 9.86. The highest BCUT2D eigenvalue weighted by Crippen LogP contribution is 2.30. The number of nitrogens with zero attached hydrogens (tertiary/aromatic N) is 4. The van der Waals surface area contributed by atoms with Crippen LogP contribution in [0.25, 0.3) is 5.69 Å². The summed E-state index contributed by atoms with van der Waals surface area (Å²) >= 11 is 1.26. The summed E-state index contributed by atoms with van der Waals surface area (Å²) in [6.07, 6.45) is -0.486. The molecule has 2 atom stereocenters. The fourth-order valence-corrected chi connectivity index (χ4v) is 3.95. The molecular formula is C23H22FN5O3S. The Hall–Kier alpha value is -3.66. The van der Waals surface area contributed by atoms with Crippen molar-refractivity contribution in [2.75, 3.05) is 5.32 Å². The van der Waals surface area contributed by atoms with E-state index >= 15 is 0 Å². The van der Waals surface area contributed by atoms with Crippen LogP contribution in [0.4, 0.5) is 10.2 Å². The van der Waals surface area contributed by atoms with Gasteiger partial charge >= 0.3 is 0 Å². The van der Waals surface area contributed by atoms with Gasteiger partial charge in [0.15, 0.2) is 22.9 Å². The van der Waals surface area contributed by atoms with Gasteiger partial charge in [-0.3, -0.25) is 9.36 Å². The van der Waals surface area contributed by atoms with E-state index in [1.165, 1.54) is 23.9 Å². The number of amides is 1. The van der Waals surface area contributed by atoms with Gasteiger partial charge in [-0.15, -0.1) is 10.2 Å². The van der Waals surface area contributed by atoms with Gasteiger partial charge in [0.05, 0.1) is 5.25 Å². The minimum absolute atomic E-state index is 0.243. The molecule has 170 valence electrons. The van der Waals surface area contributed by atoms with E-state index in [1.807, 2.05) is 41.8 Å². The molecule has 0 aliphatic rings. The molecule has 2 aromatic heterocycles. The van der Waals surface area contributed by atoms with Gasteiger partial charge < -0.3 is 14.6 Å². The number of carbonyl (C=O) groups excluding carboxylic acids is 1. The number of ether oxygens (including phenoxy) is 1. The first-order valence-electron chi connectivity index (χ1n) is 10.2. The number of halogens is 1. The molecular weight excluding hydrogens is 445 g/mol. The molecule has 0 aliphatic carbocycles. The lowest BCUT2D eigenvalue weighted by Crippen LogP contribution is -2.23. The van der Waals surface area contributed by atoms with Gasteiger partial charge in [-0.25, -0.2) is 4.39 Å². The van der Waals surface area contributed by atoms with Gasteiger partial charge in [0, 0.05) is 11.8 Å². The van der Waals surface area contributed by atoms with Crippen molar-refractivity contribution >= 4 is 23.5 Å². The lowest BCUT2D eigenvalue weighted by atomic mass is 10.3. The third-order valence-corrected chi connectivity index (χ3v) is 5.74. The number of hydrogen-bond donors (Lipinski definition) is 1. The summed E-state index contributed by atoms with van der Waals surface area (Å²) in [7, 11) is 0. The summed E-state index contributed by atoms with van der Waals surface area (Å²) in [6.45, 7) is 5.36. The van der Waals surface area contributed by atoms with Gasteiger partial charge in [0.25, 0.3) is 0 Å². The van der Waals surface area contributed by atoms with E-state index in [1.54, 1.807) is 32.0 Å². The van der Waals surface area contributed by atoms with E-state index in [9.17, 15) is 9.18 Å². The van der Waals surface area contributed by atoms with E-state index in [0.29, 0.717) is 28.3 Å². The summed E-state index contributed by atoms with van der Waals surface area (Å²) in [5, 5.41) is 15.2. The quantitative estimate of drug-likeness (QED) is 0.366.